The third-order valence-electron chi connectivity index (χ3n) is 6.83. The van der Waals surface area contributed by atoms with Crippen molar-refractivity contribution in [2.45, 2.75) is 39.5 Å². The summed E-state index contributed by atoms with van der Waals surface area (Å²) in [4.78, 5) is 43.7. The normalized spacial score (nSPS) is 14.7. The lowest BCUT2D eigenvalue weighted by molar-refractivity contribution is -0.143. The van der Waals surface area contributed by atoms with E-state index in [0.29, 0.717) is 32.1 Å². The van der Waals surface area contributed by atoms with Crippen molar-refractivity contribution in [1.29, 1.82) is 0 Å². The van der Waals surface area contributed by atoms with E-state index in [4.69, 9.17) is 14.2 Å². The van der Waals surface area contributed by atoms with Crippen molar-refractivity contribution >= 4 is 45.3 Å². The second-order valence-corrected chi connectivity index (χ2v) is 12.2. The average Bonchev–Trinajstić information content (AvgIpc) is 3.29. The summed E-state index contributed by atoms with van der Waals surface area (Å²) in [5.74, 6) is -0.434. The molecule has 0 spiro atoms. The Morgan fingerprint density at radius 3 is 2.55 bits per heavy atom. The first kappa shape index (κ1) is 31.0. The van der Waals surface area contributed by atoms with Crippen molar-refractivity contribution in [3.63, 3.8) is 0 Å². The number of nitrogens with zero attached hydrogens (tertiary/aromatic N) is 2. The van der Waals surface area contributed by atoms with Gasteiger partial charge in [-0.3, -0.25) is 9.36 Å². The molecule has 0 aliphatic carbocycles. The Bertz CT molecular complexity index is 1960. The Morgan fingerprint density at radius 2 is 1.86 bits per heavy atom. The van der Waals surface area contributed by atoms with Gasteiger partial charge in [0.05, 0.1) is 34.6 Å². The van der Waals surface area contributed by atoms with Crippen molar-refractivity contribution in [2.75, 3.05) is 7.11 Å². The topological polar surface area (TPSA) is 116 Å². The van der Waals surface area contributed by atoms with Gasteiger partial charge in [-0.15, -0.1) is 0 Å². The number of hydrogen-bond acceptors (Lipinski definition) is 8. The number of carboxylic acid groups (broad SMARTS) is 1. The first-order valence-corrected chi connectivity index (χ1v) is 15.3. The number of methoxy groups -OCH3 is 1. The second-order valence-electron chi connectivity index (χ2n) is 10.3. The van der Waals surface area contributed by atoms with Crippen LogP contribution in [0.3, 0.4) is 0 Å². The number of thiazole rings is 1. The largest absolute Gasteiger partial charge is 0.496 e. The fourth-order valence-electron chi connectivity index (χ4n) is 4.85. The molecule has 1 aromatic heterocycles. The molecule has 1 atom stereocenters. The van der Waals surface area contributed by atoms with Crippen LogP contribution in [0.4, 0.5) is 0 Å². The van der Waals surface area contributed by atoms with Gasteiger partial charge in [-0.25, -0.2) is 14.6 Å². The molecular weight excluding hydrogens is 648 g/mol. The Labute approximate surface area is 265 Å². The standard InChI is InChI=1S/C33H29BrN2O7S/c1-18(2)43-32(40)28-19(3)35-33-36(29(28)25-16-23(34)10-13-26(25)41-4)30(37)27(44-33)15-20-8-11-24(12-9-20)42-17-21-6-5-7-22(14-21)31(38)39/h5-16,18,29H,17H2,1-4H3,(H,38,39)/b27-15-/t29-/m0/s1. The van der Waals surface area contributed by atoms with Gasteiger partial charge in [0.15, 0.2) is 4.80 Å². The van der Waals surface area contributed by atoms with Gasteiger partial charge in [0.1, 0.15) is 24.1 Å². The van der Waals surface area contributed by atoms with Crippen LogP contribution in [0.5, 0.6) is 11.5 Å². The van der Waals surface area contributed by atoms with Gasteiger partial charge < -0.3 is 19.3 Å². The number of aromatic nitrogens is 1. The first-order valence-electron chi connectivity index (χ1n) is 13.7. The monoisotopic (exact) mass is 676 g/mol. The van der Waals surface area contributed by atoms with E-state index in [1.165, 1.54) is 22.0 Å². The predicted octanol–water partition coefficient (Wildman–Crippen LogP) is 5.24. The number of halogens is 1. The van der Waals surface area contributed by atoms with Crippen molar-refractivity contribution in [3.8, 4) is 11.5 Å². The third-order valence-corrected chi connectivity index (χ3v) is 8.30. The summed E-state index contributed by atoms with van der Waals surface area (Å²) in [6.45, 7) is 5.48. The summed E-state index contributed by atoms with van der Waals surface area (Å²) in [5.41, 5.74) is 2.75. The minimum absolute atomic E-state index is 0.197. The highest BCUT2D eigenvalue weighted by Crippen LogP contribution is 2.37. The molecular formula is C33H29BrN2O7S. The quantitative estimate of drug-likeness (QED) is 0.241. The maximum Gasteiger partial charge on any atom is 0.338 e. The number of allylic oxidation sites excluding steroid dienone is 1. The lowest BCUT2D eigenvalue weighted by Crippen LogP contribution is -2.40. The van der Waals surface area contributed by atoms with E-state index in [2.05, 4.69) is 20.9 Å². The van der Waals surface area contributed by atoms with Gasteiger partial charge in [0, 0.05) is 10.0 Å². The van der Waals surface area contributed by atoms with Gasteiger partial charge in [-0.1, -0.05) is 51.5 Å². The maximum absolute atomic E-state index is 14.0. The van der Waals surface area contributed by atoms with Crippen LogP contribution in [0.15, 0.2) is 92.3 Å². The molecule has 9 nitrogen and oxygen atoms in total. The molecule has 0 unspecified atom stereocenters. The summed E-state index contributed by atoms with van der Waals surface area (Å²) >= 11 is 4.75. The van der Waals surface area contributed by atoms with Gasteiger partial charge in [-0.05, 0) is 80.4 Å². The Morgan fingerprint density at radius 1 is 1.11 bits per heavy atom. The molecule has 2 heterocycles. The highest BCUT2D eigenvalue weighted by molar-refractivity contribution is 9.10. The summed E-state index contributed by atoms with van der Waals surface area (Å²) in [6, 6.07) is 18.4. The third kappa shape index (κ3) is 6.53. The van der Waals surface area contributed by atoms with Gasteiger partial charge in [-0.2, -0.15) is 0 Å². The number of rotatable bonds is 9. The number of fused-ring (bicyclic) bond motifs is 1. The van der Waals surface area contributed by atoms with E-state index in [9.17, 15) is 19.5 Å². The van der Waals surface area contributed by atoms with Crippen LogP contribution in [-0.2, 0) is 16.1 Å². The van der Waals surface area contributed by atoms with Gasteiger partial charge >= 0.3 is 11.9 Å². The highest BCUT2D eigenvalue weighted by atomic mass is 79.9. The van der Waals surface area contributed by atoms with Crippen LogP contribution in [0.2, 0.25) is 0 Å². The smallest absolute Gasteiger partial charge is 0.338 e. The molecule has 1 N–H and O–H groups in total. The molecule has 0 fully saturated rings. The van der Waals surface area contributed by atoms with E-state index in [1.807, 2.05) is 24.3 Å². The summed E-state index contributed by atoms with van der Waals surface area (Å²) in [5, 5.41) is 9.20. The maximum atomic E-state index is 14.0. The number of carbonyl (C=O) groups excluding carboxylic acids is 1. The van der Waals surface area contributed by atoms with Crippen LogP contribution < -0.4 is 24.4 Å². The minimum Gasteiger partial charge on any atom is -0.496 e. The Hall–Kier alpha value is -4.48. The summed E-state index contributed by atoms with van der Waals surface area (Å²) in [7, 11) is 1.54. The molecule has 0 saturated heterocycles. The molecule has 3 aromatic carbocycles. The number of carbonyl (C=O) groups is 2. The molecule has 1 aliphatic rings. The molecule has 44 heavy (non-hydrogen) atoms. The molecule has 11 heteroatoms. The van der Waals surface area contributed by atoms with E-state index < -0.39 is 18.0 Å². The second kappa shape index (κ2) is 13.0. The van der Waals surface area contributed by atoms with E-state index in [-0.39, 0.29) is 29.4 Å². The van der Waals surface area contributed by atoms with Crippen LogP contribution >= 0.6 is 27.3 Å². The lowest BCUT2D eigenvalue weighted by Gasteiger charge is -2.26. The molecule has 1 aliphatic heterocycles. The van der Waals surface area contributed by atoms with Crippen LogP contribution in [0.1, 0.15) is 53.9 Å². The first-order chi connectivity index (χ1) is 21.0. The van der Waals surface area contributed by atoms with Crippen molar-refractivity contribution in [2.24, 2.45) is 4.99 Å². The van der Waals surface area contributed by atoms with E-state index >= 15 is 0 Å². The Balaban J connectivity index is 1.51. The number of aromatic carboxylic acids is 1. The number of carboxylic acids is 1. The predicted molar refractivity (Wildman–Crippen MR) is 170 cm³/mol. The number of esters is 1. The van der Waals surface area contributed by atoms with E-state index in [1.54, 1.807) is 70.4 Å². The average molecular weight is 678 g/mol. The molecule has 5 rings (SSSR count). The molecule has 4 aromatic rings. The number of ether oxygens (including phenoxy) is 3. The van der Waals surface area contributed by atoms with Gasteiger partial charge in [0.2, 0.25) is 0 Å². The van der Waals surface area contributed by atoms with Crippen molar-refractivity contribution < 1.29 is 28.9 Å². The fourth-order valence-corrected chi connectivity index (χ4v) is 6.27. The SMILES string of the molecule is COc1ccc(Br)cc1[C@H]1C(C(=O)OC(C)C)=C(C)N=c2s/c(=C\c3ccc(OCc4cccc(C(=O)O)c4)cc3)c(=O)n21. The molecule has 0 amide bonds. The fraction of sp³-hybridized carbons (Fsp3) is 0.212. The van der Waals surface area contributed by atoms with Crippen LogP contribution in [0.25, 0.3) is 6.08 Å². The highest BCUT2D eigenvalue weighted by Gasteiger charge is 2.35. The Kier molecular flexibility index (Phi) is 9.17. The van der Waals surface area contributed by atoms with Crippen molar-refractivity contribution in [3.05, 3.63) is 124 Å². The zero-order valence-corrected chi connectivity index (χ0v) is 26.8. The number of benzene rings is 3. The van der Waals surface area contributed by atoms with Crippen LogP contribution in [0, 0.1) is 0 Å². The van der Waals surface area contributed by atoms with Crippen LogP contribution in [-0.4, -0.2) is 34.8 Å². The summed E-state index contributed by atoms with van der Waals surface area (Å²) in [6.07, 6.45) is 1.41. The molecule has 0 radical (unpaired) electrons. The summed E-state index contributed by atoms with van der Waals surface area (Å²) < 4.78 is 19.8. The molecule has 0 saturated carbocycles. The van der Waals surface area contributed by atoms with Gasteiger partial charge in [0.25, 0.3) is 5.56 Å². The molecule has 0 bridgehead atoms. The zero-order chi connectivity index (χ0) is 31.5. The lowest BCUT2D eigenvalue weighted by atomic mass is 9.95. The number of hydrogen-bond donors (Lipinski definition) is 1. The zero-order valence-electron chi connectivity index (χ0n) is 24.4. The minimum atomic E-state index is -0.995. The van der Waals surface area contributed by atoms with Crippen molar-refractivity contribution in [1.82, 2.24) is 4.57 Å². The molecule has 226 valence electrons. The van der Waals surface area contributed by atoms with E-state index in [0.717, 1.165) is 15.6 Å².